The highest BCUT2D eigenvalue weighted by Gasteiger charge is 2.56. The van der Waals surface area contributed by atoms with Gasteiger partial charge >= 0.3 is 0 Å². The fourth-order valence-electron chi connectivity index (χ4n) is 8.26. The molecule has 1 aromatic heterocycles. The number of hydrogen-bond donors (Lipinski definition) is 2. The first-order chi connectivity index (χ1) is 18.4. The Hall–Kier alpha value is -2.89. The van der Waals surface area contributed by atoms with E-state index in [-0.39, 0.29) is 23.4 Å². The molecule has 2 aromatic carbocycles. The van der Waals surface area contributed by atoms with Gasteiger partial charge in [-0.15, -0.1) is 0 Å². The molecule has 0 bridgehead atoms. The van der Waals surface area contributed by atoms with Crippen LogP contribution in [-0.2, 0) is 12.8 Å². The summed E-state index contributed by atoms with van der Waals surface area (Å²) in [4.78, 5) is 0. The van der Waals surface area contributed by atoms with Crippen LogP contribution in [0.15, 0.2) is 72.9 Å². The Bertz CT molecular complexity index is 1300. The van der Waals surface area contributed by atoms with Crippen molar-refractivity contribution in [2.75, 3.05) is 13.2 Å². The van der Waals surface area contributed by atoms with Crippen molar-refractivity contribution in [3.63, 3.8) is 0 Å². The zero-order chi connectivity index (χ0) is 26.5. The van der Waals surface area contributed by atoms with Crippen molar-refractivity contribution >= 4 is 0 Å². The van der Waals surface area contributed by atoms with Gasteiger partial charge in [-0.25, -0.2) is 4.68 Å². The quantitative estimate of drug-likeness (QED) is 0.379. The smallest absolute Gasteiger partial charge is 0.127 e. The van der Waals surface area contributed by atoms with Crippen LogP contribution < -0.4 is 10.5 Å². The third kappa shape index (κ3) is 4.11. The highest BCUT2D eigenvalue weighted by atomic mass is 16.5. The molecular formula is C33H41N3O2. The molecule has 3 aliphatic rings. The first-order valence-corrected chi connectivity index (χ1v) is 14.3. The van der Waals surface area contributed by atoms with Gasteiger partial charge in [-0.05, 0) is 122 Å². The van der Waals surface area contributed by atoms with E-state index in [0.29, 0.717) is 17.8 Å². The second-order valence-corrected chi connectivity index (χ2v) is 12.4. The van der Waals surface area contributed by atoms with E-state index in [9.17, 15) is 5.11 Å². The van der Waals surface area contributed by atoms with Gasteiger partial charge in [-0.1, -0.05) is 44.2 Å². The van der Waals surface area contributed by atoms with Gasteiger partial charge in [0.05, 0.1) is 11.4 Å². The lowest BCUT2D eigenvalue weighted by Crippen LogP contribution is -2.53. The largest absolute Gasteiger partial charge is 0.457 e. The number of aliphatic hydroxyl groups excluding tert-OH is 1. The number of para-hydroxylation sites is 1. The van der Waals surface area contributed by atoms with Crippen molar-refractivity contribution in [1.82, 2.24) is 9.78 Å². The number of aliphatic hydroxyl groups is 1. The van der Waals surface area contributed by atoms with Crippen LogP contribution in [0.3, 0.4) is 0 Å². The molecule has 0 radical (unpaired) electrons. The van der Waals surface area contributed by atoms with Crippen molar-refractivity contribution in [2.24, 2.45) is 40.2 Å². The van der Waals surface area contributed by atoms with E-state index in [1.54, 1.807) is 0 Å². The molecular weight excluding hydrogens is 470 g/mol. The topological polar surface area (TPSA) is 73.3 Å². The minimum Gasteiger partial charge on any atom is -0.457 e. The number of rotatable bonds is 6. The van der Waals surface area contributed by atoms with E-state index in [0.717, 1.165) is 55.1 Å². The number of hydrogen-bond acceptors (Lipinski definition) is 4. The SMILES string of the molecule is C=C1CC[C@H]2[C@@H](CN)[C@@H]([C@]3(C)Cc4cn(-c5ccc(Oc6ccccc6)cc5)nc4C[C@@H]3CO)CC[C@]12C. The third-order valence-corrected chi connectivity index (χ3v) is 10.6. The van der Waals surface area contributed by atoms with Crippen LogP contribution in [0.4, 0.5) is 0 Å². The Morgan fingerprint density at radius 1 is 1.05 bits per heavy atom. The molecule has 0 spiro atoms. The lowest BCUT2D eigenvalue weighted by atomic mass is 9.49. The summed E-state index contributed by atoms with van der Waals surface area (Å²) in [7, 11) is 0. The standard InChI is InChI=1S/C33H41N3O2/c1-22-9-14-29-28(19-34)30(15-16-32(22,29)2)33(3)18-23-20-36(35-31(23)17-24(33)21-37)25-10-12-27(13-11-25)38-26-7-5-4-6-8-26/h4-8,10-13,20,24,28-30,37H,1,9,14-19,21,34H2,2-3H3/t24-,28-,29+,30+,32-,33-/m1/s1. The van der Waals surface area contributed by atoms with Crippen molar-refractivity contribution in [1.29, 1.82) is 0 Å². The number of aromatic nitrogens is 2. The van der Waals surface area contributed by atoms with Crippen LogP contribution in [0.5, 0.6) is 11.5 Å². The van der Waals surface area contributed by atoms with E-state index < -0.39 is 0 Å². The molecule has 3 aliphatic carbocycles. The number of ether oxygens (including phenoxy) is 1. The van der Waals surface area contributed by atoms with Crippen LogP contribution in [0.1, 0.15) is 50.8 Å². The van der Waals surface area contributed by atoms with Gasteiger partial charge in [-0.3, -0.25) is 0 Å². The van der Waals surface area contributed by atoms with E-state index in [4.69, 9.17) is 15.6 Å². The molecule has 2 fully saturated rings. The summed E-state index contributed by atoms with van der Waals surface area (Å²) in [6.07, 6.45) is 8.65. The van der Waals surface area contributed by atoms with Gasteiger partial charge in [0.15, 0.2) is 0 Å². The van der Waals surface area contributed by atoms with Crippen molar-refractivity contribution in [3.8, 4) is 17.2 Å². The first kappa shape index (κ1) is 25.4. The predicted octanol–water partition coefficient (Wildman–Crippen LogP) is 6.34. The molecule has 200 valence electrons. The highest BCUT2D eigenvalue weighted by molar-refractivity contribution is 5.40. The molecule has 3 aromatic rings. The third-order valence-electron chi connectivity index (χ3n) is 10.6. The van der Waals surface area contributed by atoms with E-state index in [2.05, 4.69) is 38.8 Å². The summed E-state index contributed by atoms with van der Waals surface area (Å²) >= 11 is 0. The number of allylic oxidation sites excluding steroid dienone is 1. The number of benzene rings is 2. The van der Waals surface area contributed by atoms with Gasteiger partial charge in [0.1, 0.15) is 11.5 Å². The molecule has 0 saturated heterocycles. The minimum absolute atomic E-state index is 0.00170. The van der Waals surface area contributed by atoms with Crippen molar-refractivity contribution < 1.29 is 9.84 Å². The zero-order valence-electron chi connectivity index (χ0n) is 22.8. The van der Waals surface area contributed by atoms with Crippen molar-refractivity contribution in [3.05, 3.63) is 84.2 Å². The number of fused-ring (bicyclic) bond motifs is 2. The molecule has 5 nitrogen and oxygen atoms in total. The van der Waals surface area contributed by atoms with Gasteiger partial charge in [0, 0.05) is 12.8 Å². The maximum Gasteiger partial charge on any atom is 0.127 e. The minimum atomic E-state index is -0.00170. The Morgan fingerprint density at radius 3 is 2.50 bits per heavy atom. The Kier molecular flexibility index (Phi) is 6.48. The fourth-order valence-corrected chi connectivity index (χ4v) is 8.26. The molecule has 5 heteroatoms. The summed E-state index contributed by atoms with van der Waals surface area (Å²) in [5.41, 5.74) is 11.6. The predicted molar refractivity (Wildman–Crippen MR) is 151 cm³/mol. The van der Waals surface area contributed by atoms with Gasteiger partial charge in [0.25, 0.3) is 0 Å². The van der Waals surface area contributed by atoms with E-state index in [1.807, 2.05) is 47.1 Å². The zero-order valence-corrected chi connectivity index (χ0v) is 22.8. The van der Waals surface area contributed by atoms with Crippen LogP contribution in [-0.4, -0.2) is 28.0 Å². The van der Waals surface area contributed by atoms with E-state index >= 15 is 0 Å². The number of nitrogens with two attached hydrogens (primary N) is 1. The van der Waals surface area contributed by atoms with Gasteiger partial charge in [-0.2, -0.15) is 5.10 Å². The van der Waals surface area contributed by atoms with Crippen LogP contribution in [0.25, 0.3) is 5.69 Å². The average Bonchev–Trinajstić information content (AvgIpc) is 3.48. The molecule has 6 atom stereocenters. The van der Waals surface area contributed by atoms with Gasteiger partial charge in [0.2, 0.25) is 0 Å². The van der Waals surface area contributed by atoms with E-state index in [1.165, 1.54) is 24.0 Å². The van der Waals surface area contributed by atoms with Crippen LogP contribution >= 0.6 is 0 Å². The molecule has 3 N–H and O–H groups in total. The summed E-state index contributed by atoms with van der Waals surface area (Å²) in [6, 6.07) is 17.9. The molecule has 1 heterocycles. The van der Waals surface area contributed by atoms with Gasteiger partial charge < -0.3 is 15.6 Å². The average molecular weight is 512 g/mol. The first-order valence-electron chi connectivity index (χ1n) is 14.3. The Balaban J connectivity index is 1.25. The normalized spacial score (nSPS) is 32.6. The maximum atomic E-state index is 10.6. The van der Waals surface area contributed by atoms with Crippen LogP contribution in [0.2, 0.25) is 0 Å². The van der Waals surface area contributed by atoms with Crippen LogP contribution in [0, 0.1) is 34.5 Å². The summed E-state index contributed by atoms with van der Waals surface area (Å²) in [6.45, 7) is 10.2. The molecule has 0 unspecified atom stereocenters. The molecule has 2 saturated carbocycles. The molecule has 38 heavy (non-hydrogen) atoms. The highest BCUT2D eigenvalue weighted by Crippen LogP contribution is 2.62. The summed E-state index contributed by atoms with van der Waals surface area (Å²) in [5, 5.41) is 15.6. The lowest BCUT2D eigenvalue weighted by Gasteiger charge is -2.55. The maximum absolute atomic E-state index is 10.6. The molecule has 0 amide bonds. The summed E-state index contributed by atoms with van der Waals surface area (Å²) in [5.74, 6) is 3.39. The number of nitrogens with zero attached hydrogens (tertiary/aromatic N) is 2. The lowest BCUT2D eigenvalue weighted by molar-refractivity contribution is -0.0536. The Labute approximate surface area is 226 Å². The molecule has 0 aliphatic heterocycles. The Morgan fingerprint density at radius 2 is 1.79 bits per heavy atom. The fraction of sp³-hybridized carbons (Fsp3) is 0.485. The van der Waals surface area contributed by atoms with Crippen molar-refractivity contribution in [2.45, 2.75) is 52.4 Å². The summed E-state index contributed by atoms with van der Waals surface area (Å²) < 4.78 is 7.96. The second-order valence-electron chi connectivity index (χ2n) is 12.4. The second kappa shape index (κ2) is 9.69. The monoisotopic (exact) mass is 511 g/mol. The molecule has 6 rings (SSSR count).